The Morgan fingerprint density at radius 3 is 2.33 bits per heavy atom. The van der Waals surface area contributed by atoms with Crippen molar-refractivity contribution >= 4 is 11.8 Å². The van der Waals surface area contributed by atoms with E-state index in [0.717, 1.165) is 24.0 Å². The molecule has 0 aromatic heterocycles. The van der Waals surface area contributed by atoms with Crippen molar-refractivity contribution in [2.75, 3.05) is 6.54 Å². The lowest BCUT2D eigenvalue weighted by molar-refractivity contribution is -0.129. The normalized spacial score (nSPS) is 10.2. The topological polar surface area (TPSA) is 90.5 Å². The molecule has 6 nitrogen and oxygen atoms in total. The van der Waals surface area contributed by atoms with E-state index in [-0.39, 0.29) is 11.8 Å². The molecular formula is C15H23N3O3. The van der Waals surface area contributed by atoms with E-state index in [9.17, 15) is 9.59 Å². The molecule has 1 rings (SSSR count). The molecule has 6 heteroatoms. The van der Waals surface area contributed by atoms with Crippen LogP contribution in [0.15, 0.2) is 18.2 Å². The van der Waals surface area contributed by atoms with Crippen molar-refractivity contribution < 1.29 is 14.8 Å². The van der Waals surface area contributed by atoms with Gasteiger partial charge in [-0.15, -0.1) is 0 Å². The molecule has 0 saturated heterocycles. The number of rotatable bonds is 8. The highest BCUT2D eigenvalue weighted by molar-refractivity contribution is 5.94. The van der Waals surface area contributed by atoms with Gasteiger partial charge in [-0.1, -0.05) is 23.6 Å². The molecule has 0 aliphatic carbocycles. The molecule has 0 unspecified atom stereocenters. The fourth-order valence-electron chi connectivity index (χ4n) is 2.05. The van der Waals surface area contributed by atoms with Gasteiger partial charge in [0.2, 0.25) is 5.91 Å². The summed E-state index contributed by atoms with van der Waals surface area (Å²) in [6.07, 6.45) is 2.70. The van der Waals surface area contributed by atoms with Gasteiger partial charge in [0, 0.05) is 18.5 Å². The summed E-state index contributed by atoms with van der Waals surface area (Å²) in [6, 6.07) is 5.71. The van der Waals surface area contributed by atoms with E-state index >= 15 is 0 Å². The molecule has 0 aliphatic heterocycles. The molecule has 0 aliphatic rings. The van der Waals surface area contributed by atoms with Crippen LogP contribution in [0.25, 0.3) is 0 Å². The number of aryl methyl sites for hydroxylation is 2. The minimum absolute atomic E-state index is 0.151. The van der Waals surface area contributed by atoms with E-state index in [1.165, 1.54) is 0 Å². The van der Waals surface area contributed by atoms with Crippen LogP contribution in [0.3, 0.4) is 0 Å². The monoisotopic (exact) mass is 293 g/mol. The lowest BCUT2D eigenvalue weighted by Gasteiger charge is -2.08. The highest BCUT2D eigenvalue weighted by Gasteiger charge is 2.05. The van der Waals surface area contributed by atoms with E-state index < -0.39 is 0 Å². The second-order valence-corrected chi connectivity index (χ2v) is 5.10. The second-order valence-electron chi connectivity index (χ2n) is 5.10. The largest absolute Gasteiger partial charge is 0.289 e. The molecule has 0 bridgehead atoms. The van der Waals surface area contributed by atoms with Crippen LogP contribution in [0.1, 0.15) is 47.2 Å². The molecule has 116 valence electrons. The Labute approximate surface area is 124 Å². The summed E-state index contributed by atoms with van der Waals surface area (Å²) in [5.74, 6) is -0.521. The molecule has 0 radical (unpaired) electrons. The maximum absolute atomic E-state index is 11.9. The Morgan fingerprint density at radius 1 is 1.05 bits per heavy atom. The zero-order valence-corrected chi connectivity index (χ0v) is 12.5. The number of hydrogen-bond donors (Lipinski definition) is 4. The van der Waals surface area contributed by atoms with Crippen molar-refractivity contribution in [3.63, 3.8) is 0 Å². The molecule has 0 fully saturated rings. The van der Waals surface area contributed by atoms with Crippen LogP contribution in [0.4, 0.5) is 0 Å². The molecule has 0 saturated carbocycles. The van der Waals surface area contributed by atoms with Crippen molar-refractivity contribution in [1.29, 1.82) is 0 Å². The molecular weight excluding hydrogens is 270 g/mol. The van der Waals surface area contributed by atoms with E-state index in [1.807, 2.05) is 32.0 Å². The first-order valence-corrected chi connectivity index (χ1v) is 7.07. The maximum Gasteiger partial charge on any atom is 0.265 e. The van der Waals surface area contributed by atoms with E-state index in [1.54, 1.807) is 5.48 Å². The van der Waals surface area contributed by atoms with Crippen LogP contribution in [0, 0.1) is 13.8 Å². The lowest BCUT2D eigenvalue weighted by atomic mass is 10.1. The zero-order chi connectivity index (χ0) is 15.7. The summed E-state index contributed by atoms with van der Waals surface area (Å²) in [5.41, 5.74) is 9.88. The predicted molar refractivity (Wildman–Crippen MR) is 79.8 cm³/mol. The summed E-state index contributed by atoms with van der Waals surface area (Å²) in [7, 11) is 0. The number of benzene rings is 1. The van der Waals surface area contributed by atoms with Crippen molar-refractivity contribution in [2.45, 2.75) is 39.5 Å². The zero-order valence-electron chi connectivity index (χ0n) is 12.5. The number of unbranched alkanes of at least 4 members (excludes halogenated alkanes) is 2. The fraction of sp³-hybridized carbons (Fsp3) is 0.467. The number of hydroxylamine groups is 1. The number of carbonyl (C=O) groups is 2. The number of nitrogens with one attached hydrogen (secondary N) is 3. The Hall–Kier alpha value is -1.92. The minimum Gasteiger partial charge on any atom is -0.289 e. The summed E-state index contributed by atoms with van der Waals surface area (Å²) >= 11 is 0. The third kappa shape index (κ3) is 6.87. The van der Waals surface area contributed by atoms with Crippen LogP contribution in [0.2, 0.25) is 0 Å². The summed E-state index contributed by atoms with van der Waals surface area (Å²) in [6.45, 7) is 4.55. The van der Waals surface area contributed by atoms with Gasteiger partial charge in [0.25, 0.3) is 5.91 Å². The molecule has 21 heavy (non-hydrogen) atoms. The van der Waals surface area contributed by atoms with Gasteiger partial charge in [-0.05, 0) is 38.8 Å². The first-order valence-electron chi connectivity index (χ1n) is 7.07. The lowest BCUT2D eigenvalue weighted by Crippen LogP contribution is -2.38. The van der Waals surface area contributed by atoms with Crippen LogP contribution in [-0.4, -0.2) is 23.6 Å². The molecule has 4 N–H and O–H groups in total. The number of carbonyl (C=O) groups excluding carboxylic acids is 2. The second kappa shape index (κ2) is 9.10. The van der Waals surface area contributed by atoms with Gasteiger partial charge >= 0.3 is 0 Å². The third-order valence-corrected chi connectivity index (χ3v) is 3.02. The Kier molecular flexibility index (Phi) is 7.42. The van der Waals surface area contributed by atoms with Gasteiger partial charge in [0.05, 0.1) is 0 Å². The highest BCUT2D eigenvalue weighted by Crippen LogP contribution is 2.08. The van der Waals surface area contributed by atoms with Gasteiger partial charge < -0.3 is 0 Å². The highest BCUT2D eigenvalue weighted by atomic mass is 16.5. The van der Waals surface area contributed by atoms with Crippen molar-refractivity contribution in [1.82, 2.24) is 16.3 Å². The predicted octanol–water partition coefficient (Wildman–Crippen LogP) is 1.60. The number of hydrazine groups is 1. The standard InChI is InChI=1S/C15H23N3O3/c1-11-8-12(2)10-13(9-11)15(20)17-16-7-5-3-4-6-14(19)18-21/h8-10,16,21H,3-7H2,1-2H3,(H,17,20)(H,18,19). The first kappa shape index (κ1) is 17.1. The van der Waals surface area contributed by atoms with Crippen LogP contribution < -0.4 is 16.3 Å². The molecule has 2 amide bonds. The molecule has 0 heterocycles. The Morgan fingerprint density at radius 2 is 1.71 bits per heavy atom. The summed E-state index contributed by atoms with van der Waals surface area (Å²) in [5, 5.41) is 8.32. The van der Waals surface area contributed by atoms with Gasteiger partial charge in [-0.3, -0.25) is 20.2 Å². The average molecular weight is 293 g/mol. The summed E-state index contributed by atoms with van der Waals surface area (Å²) in [4.78, 5) is 22.7. The maximum atomic E-state index is 11.9. The molecule has 1 aromatic rings. The summed E-state index contributed by atoms with van der Waals surface area (Å²) < 4.78 is 0. The van der Waals surface area contributed by atoms with Gasteiger partial charge in [0.1, 0.15) is 0 Å². The van der Waals surface area contributed by atoms with Crippen LogP contribution in [-0.2, 0) is 4.79 Å². The van der Waals surface area contributed by atoms with Crippen molar-refractivity contribution in [2.24, 2.45) is 0 Å². The van der Waals surface area contributed by atoms with Crippen molar-refractivity contribution in [3.8, 4) is 0 Å². The third-order valence-electron chi connectivity index (χ3n) is 3.02. The number of amides is 2. The first-order chi connectivity index (χ1) is 10.0. The van der Waals surface area contributed by atoms with E-state index in [2.05, 4.69) is 10.9 Å². The number of hydrogen-bond acceptors (Lipinski definition) is 4. The van der Waals surface area contributed by atoms with Crippen LogP contribution in [0.5, 0.6) is 0 Å². The minimum atomic E-state index is -0.369. The van der Waals surface area contributed by atoms with E-state index in [4.69, 9.17) is 5.21 Å². The molecule has 0 atom stereocenters. The van der Waals surface area contributed by atoms with E-state index in [0.29, 0.717) is 24.9 Å². The SMILES string of the molecule is Cc1cc(C)cc(C(=O)NNCCCCCC(=O)NO)c1. The van der Waals surface area contributed by atoms with Gasteiger partial charge in [0.15, 0.2) is 0 Å². The Balaban J connectivity index is 2.18. The molecule has 0 spiro atoms. The smallest absolute Gasteiger partial charge is 0.265 e. The van der Waals surface area contributed by atoms with Crippen LogP contribution >= 0.6 is 0 Å². The molecule has 1 aromatic carbocycles. The Bertz CT molecular complexity index is 469. The van der Waals surface area contributed by atoms with Gasteiger partial charge in [-0.25, -0.2) is 10.9 Å². The fourth-order valence-corrected chi connectivity index (χ4v) is 2.05. The quantitative estimate of drug-likeness (QED) is 0.333. The van der Waals surface area contributed by atoms with Gasteiger partial charge in [-0.2, -0.15) is 0 Å². The van der Waals surface area contributed by atoms with Crippen molar-refractivity contribution in [3.05, 3.63) is 34.9 Å². The average Bonchev–Trinajstić information content (AvgIpc) is 2.44.